The van der Waals surface area contributed by atoms with Gasteiger partial charge in [0.05, 0.1) is 11.2 Å². The zero-order valence-corrected chi connectivity index (χ0v) is 13.2. The van der Waals surface area contributed by atoms with E-state index in [2.05, 4.69) is 20.4 Å². The Morgan fingerprint density at radius 1 is 1.41 bits per heavy atom. The average molecular weight is 318 g/mol. The molecule has 7 heteroatoms. The summed E-state index contributed by atoms with van der Waals surface area (Å²) in [5.41, 5.74) is 2.01. The van der Waals surface area contributed by atoms with Crippen molar-refractivity contribution in [1.82, 2.24) is 20.4 Å². The Morgan fingerprint density at radius 3 is 2.86 bits per heavy atom. The van der Waals surface area contributed by atoms with Crippen molar-refractivity contribution < 1.29 is 9.32 Å². The number of nitrogens with zero attached hydrogens (tertiary/aromatic N) is 3. The first-order chi connectivity index (χ1) is 10.7. The van der Waals surface area contributed by atoms with Crippen molar-refractivity contribution in [2.24, 2.45) is 0 Å². The highest BCUT2D eigenvalue weighted by Gasteiger charge is 2.39. The van der Waals surface area contributed by atoms with Crippen LogP contribution in [0.3, 0.4) is 0 Å². The number of nitrogens with one attached hydrogen (secondary N) is 1. The van der Waals surface area contributed by atoms with Gasteiger partial charge in [-0.3, -0.25) is 4.79 Å². The number of carbonyl (C=O) groups is 1. The third-order valence-corrected chi connectivity index (χ3v) is 4.49. The first kappa shape index (κ1) is 14.9. The second-order valence-electron chi connectivity index (χ2n) is 5.52. The van der Waals surface area contributed by atoms with Crippen LogP contribution in [0.1, 0.15) is 49.5 Å². The van der Waals surface area contributed by atoms with Gasteiger partial charge in [-0.1, -0.05) is 24.4 Å². The average Bonchev–Trinajstić information content (AvgIpc) is 3.17. The van der Waals surface area contributed by atoms with Crippen LogP contribution in [0.2, 0.25) is 0 Å². The number of aromatic nitrogens is 3. The van der Waals surface area contributed by atoms with Crippen LogP contribution in [-0.2, 0) is 10.3 Å². The largest absolute Gasteiger partial charge is 0.340 e. The van der Waals surface area contributed by atoms with Gasteiger partial charge in [-0.25, -0.2) is 4.98 Å². The molecule has 0 radical (unpaired) electrons. The first-order valence-electron chi connectivity index (χ1n) is 7.37. The number of hydrogen-bond donors (Lipinski definition) is 1. The van der Waals surface area contributed by atoms with Crippen LogP contribution in [0.5, 0.6) is 0 Å². The van der Waals surface area contributed by atoms with E-state index < -0.39 is 5.54 Å². The molecule has 2 heterocycles. The Labute approximate surface area is 132 Å². The summed E-state index contributed by atoms with van der Waals surface area (Å²) in [6.07, 6.45) is 8.16. The van der Waals surface area contributed by atoms with Crippen LogP contribution in [0.25, 0.3) is 6.08 Å². The van der Waals surface area contributed by atoms with Crippen molar-refractivity contribution in [3.05, 3.63) is 34.4 Å². The highest BCUT2D eigenvalue weighted by Crippen LogP contribution is 2.35. The molecule has 1 aliphatic rings. The smallest absolute Gasteiger partial charge is 0.244 e. The van der Waals surface area contributed by atoms with Gasteiger partial charge >= 0.3 is 0 Å². The minimum absolute atomic E-state index is 0.155. The molecule has 116 valence electrons. The lowest BCUT2D eigenvalue weighted by Crippen LogP contribution is -2.47. The molecular formula is C15H18N4O2S. The van der Waals surface area contributed by atoms with Gasteiger partial charge in [0, 0.05) is 18.4 Å². The van der Waals surface area contributed by atoms with Gasteiger partial charge in [0.15, 0.2) is 5.82 Å². The quantitative estimate of drug-likeness (QED) is 0.877. The number of aryl methyl sites for hydroxylation is 1. The Kier molecular flexibility index (Phi) is 4.33. The predicted molar refractivity (Wildman–Crippen MR) is 83.1 cm³/mol. The summed E-state index contributed by atoms with van der Waals surface area (Å²) >= 11 is 1.50. The summed E-state index contributed by atoms with van der Waals surface area (Å²) < 4.78 is 5.10. The molecule has 0 saturated heterocycles. The maximum absolute atomic E-state index is 12.3. The molecule has 22 heavy (non-hydrogen) atoms. The molecule has 6 nitrogen and oxygen atoms in total. The molecule has 1 amide bonds. The van der Waals surface area contributed by atoms with E-state index in [1.54, 1.807) is 18.5 Å². The van der Waals surface area contributed by atoms with E-state index in [0.717, 1.165) is 31.4 Å². The fourth-order valence-electron chi connectivity index (χ4n) is 2.80. The van der Waals surface area contributed by atoms with Crippen molar-refractivity contribution in [2.45, 2.75) is 44.6 Å². The lowest BCUT2D eigenvalue weighted by Gasteiger charge is -2.34. The second kappa shape index (κ2) is 6.39. The number of carbonyl (C=O) groups excluding carboxylic acids is 1. The van der Waals surface area contributed by atoms with E-state index >= 15 is 0 Å². The highest BCUT2D eigenvalue weighted by atomic mass is 32.1. The van der Waals surface area contributed by atoms with Crippen molar-refractivity contribution in [2.75, 3.05) is 0 Å². The summed E-state index contributed by atoms with van der Waals surface area (Å²) in [5, 5.41) is 9.02. The Morgan fingerprint density at radius 2 is 2.23 bits per heavy atom. The van der Waals surface area contributed by atoms with Crippen LogP contribution < -0.4 is 5.32 Å². The van der Waals surface area contributed by atoms with Crippen molar-refractivity contribution in [1.29, 1.82) is 0 Å². The topological polar surface area (TPSA) is 80.9 Å². The maximum Gasteiger partial charge on any atom is 0.244 e. The highest BCUT2D eigenvalue weighted by molar-refractivity contribution is 7.07. The van der Waals surface area contributed by atoms with Gasteiger partial charge < -0.3 is 9.84 Å². The molecule has 0 spiro atoms. The predicted octanol–water partition coefficient (Wildman–Crippen LogP) is 2.82. The minimum atomic E-state index is -0.514. The van der Waals surface area contributed by atoms with Crippen LogP contribution in [0.15, 0.2) is 21.5 Å². The van der Waals surface area contributed by atoms with Crippen molar-refractivity contribution in [3.8, 4) is 0 Å². The number of rotatable bonds is 4. The SMILES string of the molecule is Cc1nc(C2(NC(=O)/C=C\c3cscn3)CCCCC2)no1. The first-order valence-corrected chi connectivity index (χ1v) is 8.31. The van der Waals surface area contributed by atoms with Gasteiger partial charge in [0.1, 0.15) is 5.54 Å². The molecule has 0 aromatic carbocycles. The second-order valence-corrected chi connectivity index (χ2v) is 6.23. The van der Waals surface area contributed by atoms with Crippen LogP contribution in [0, 0.1) is 6.92 Å². The Balaban J connectivity index is 1.77. The monoisotopic (exact) mass is 318 g/mol. The summed E-state index contributed by atoms with van der Waals surface area (Å²) in [6, 6.07) is 0. The molecule has 1 fully saturated rings. The van der Waals surface area contributed by atoms with Gasteiger partial charge in [-0.15, -0.1) is 11.3 Å². The lowest BCUT2D eigenvalue weighted by atomic mass is 9.81. The van der Waals surface area contributed by atoms with Crippen molar-refractivity contribution >= 4 is 23.3 Å². The molecule has 3 rings (SSSR count). The standard InChI is InChI=1S/C15H18N4O2S/c1-11-17-14(19-21-11)15(7-3-2-4-8-15)18-13(20)6-5-12-9-22-10-16-12/h5-6,9-10H,2-4,7-8H2,1H3,(H,18,20)/b6-5-. The normalized spacial score (nSPS) is 17.7. The zero-order valence-electron chi connectivity index (χ0n) is 12.4. The Hall–Kier alpha value is -2.02. The molecule has 1 N–H and O–H groups in total. The molecule has 1 saturated carbocycles. The van der Waals surface area contributed by atoms with Crippen LogP contribution >= 0.6 is 11.3 Å². The van der Waals surface area contributed by atoms with Gasteiger partial charge in [-0.05, 0) is 18.9 Å². The van der Waals surface area contributed by atoms with E-state index in [4.69, 9.17) is 4.52 Å². The number of amides is 1. The third kappa shape index (κ3) is 3.24. The third-order valence-electron chi connectivity index (χ3n) is 3.88. The zero-order chi connectivity index (χ0) is 15.4. The molecular weight excluding hydrogens is 300 g/mol. The van der Waals surface area contributed by atoms with Gasteiger partial charge in [0.25, 0.3) is 0 Å². The minimum Gasteiger partial charge on any atom is -0.340 e. The van der Waals surface area contributed by atoms with Gasteiger partial charge in [0.2, 0.25) is 11.8 Å². The number of hydrogen-bond acceptors (Lipinski definition) is 6. The molecule has 2 aromatic rings. The summed E-state index contributed by atoms with van der Waals surface area (Å²) in [6.45, 7) is 1.76. The molecule has 0 bridgehead atoms. The molecule has 2 aromatic heterocycles. The summed E-state index contributed by atoms with van der Waals surface area (Å²) in [5.74, 6) is 0.949. The summed E-state index contributed by atoms with van der Waals surface area (Å²) in [4.78, 5) is 20.8. The van der Waals surface area contributed by atoms with E-state index in [1.165, 1.54) is 23.8 Å². The van der Waals surface area contributed by atoms with Crippen LogP contribution in [-0.4, -0.2) is 21.0 Å². The van der Waals surface area contributed by atoms with Crippen LogP contribution in [0.4, 0.5) is 0 Å². The van der Waals surface area contributed by atoms with E-state index in [1.807, 2.05) is 5.38 Å². The van der Waals surface area contributed by atoms with E-state index in [9.17, 15) is 4.79 Å². The molecule has 1 aliphatic carbocycles. The number of thiazole rings is 1. The van der Waals surface area contributed by atoms with Crippen molar-refractivity contribution in [3.63, 3.8) is 0 Å². The maximum atomic E-state index is 12.3. The fourth-order valence-corrected chi connectivity index (χ4v) is 3.32. The fraction of sp³-hybridized carbons (Fsp3) is 0.467. The van der Waals surface area contributed by atoms with E-state index in [-0.39, 0.29) is 5.91 Å². The lowest BCUT2D eigenvalue weighted by molar-refractivity contribution is -0.119. The molecule has 0 atom stereocenters. The summed E-state index contributed by atoms with van der Waals surface area (Å²) in [7, 11) is 0. The molecule has 0 unspecified atom stereocenters. The van der Waals surface area contributed by atoms with Gasteiger partial charge in [-0.2, -0.15) is 4.98 Å². The van der Waals surface area contributed by atoms with E-state index in [0.29, 0.717) is 11.7 Å². The molecule has 0 aliphatic heterocycles. The Bertz CT molecular complexity index is 657.